The molecule has 1 atom stereocenters. The van der Waals surface area contributed by atoms with Crippen LogP contribution in [-0.2, 0) is 6.42 Å². The van der Waals surface area contributed by atoms with E-state index in [9.17, 15) is 0 Å². The van der Waals surface area contributed by atoms with E-state index in [0.717, 1.165) is 18.7 Å². The van der Waals surface area contributed by atoms with Gasteiger partial charge in [0.2, 0.25) is 5.28 Å². The van der Waals surface area contributed by atoms with Crippen molar-refractivity contribution in [3.8, 4) is 0 Å². The maximum Gasteiger partial charge on any atom is 0.225 e. The maximum atomic E-state index is 5.89. The van der Waals surface area contributed by atoms with Gasteiger partial charge >= 0.3 is 0 Å². The highest BCUT2D eigenvalue weighted by atomic mass is 35.5. The monoisotopic (exact) mass is 187 g/mol. The average Bonchev–Trinajstić information content (AvgIpc) is 2.45. The molecule has 1 aromatic rings. The number of aromatic nitrogens is 3. The van der Waals surface area contributed by atoms with E-state index in [2.05, 4.69) is 31.0 Å². The fourth-order valence-corrected chi connectivity index (χ4v) is 1.46. The minimum Gasteiger partial charge on any atom is -0.299 e. The van der Waals surface area contributed by atoms with Crippen molar-refractivity contribution >= 4 is 11.6 Å². The molecule has 12 heavy (non-hydrogen) atoms. The summed E-state index contributed by atoms with van der Waals surface area (Å²) in [6.07, 6.45) is 1.93. The summed E-state index contributed by atoms with van der Waals surface area (Å²) in [5.41, 5.74) is 0. The quantitative estimate of drug-likeness (QED) is 0.728. The van der Waals surface area contributed by atoms with Gasteiger partial charge in [-0.25, -0.2) is 0 Å². The van der Waals surface area contributed by atoms with E-state index in [0.29, 0.717) is 11.3 Å². The predicted molar refractivity (Wildman–Crippen MR) is 49.4 cm³/mol. The van der Waals surface area contributed by atoms with Crippen LogP contribution in [0, 0.1) is 0 Å². The van der Waals surface area contributed by atoms with E-state index in [1.807, 2.05) is 4.57 Å². The lowest BCUT2D eigenvalue weighted by Crippen LogP contribution is -2.07. The first-order chi connectivity index (χ1) is 5.70. The number of hydrogen-bond donors (Lipinski definition) is 0. The molecule has 1 aromatic heterocycles. The third-order valence-electron chi connectivity index (χ3n) is 2.07. The number of rotatable bonds is 3. The molecule has 0 saturated carbocycles. The second-order valence-electron chi connectivity index (χ2n) is 2.87. The van der Waals surface area contributed by atoms with Gasteiger partial charge in [-0.2, -0.15) is 0 Å². The normalized spacial score (nSPS) is 13.3. The summed E-state index contributed by atoms with van der Waals surface area (Å²) in [4.78, 5) is 0. The first-order valence-electron chi connectivity index (χ1n) is 4.29. The standard InChI is InChI=1S/C8H14ClN3/c1-4-6(3)12-7(5-2)10-11-8(12)9/h6H,4-5H2,1-3H3. The molecule has 0 N–H and O–H groups in total. The van der Waals surface area contributed by atoms with Crippen LogP contribution in [0.2, 0.25) is 5.28 Å². The SMILES string of the molecule is CCc1nnc(Cl)n1C(C)CC. The van der Waals surface area contributed by atoms with Gasteiger partial charge in [-0.3, -0.25) is 4.57 Å². The molecule has 0 amide bonds. The van der Waals surface area contributed by atoms with E-state index < -0.39 is 0 Å². The zero-order chi connectivity index (χ0) is 9.14. The average molecular weight is 188 g/mol. The Balaban J connectivity index is 3.01. The Labute approximate surface area is 77.8 Å². The number of nitrogens with zero attached hydrogens (tertiary/aromatic N) is 3. The van der Waals surface area contributed by atoms with Crippen LogP contribution < -0.4 is 0 Å². The summed E-state index contributed by atoms with van der Waals surface area (Å²) in [6, 6.07) is 0.391. The van der Waals surface area contributed by atoms with Gasteiger partial charge in [-0.15, -0.1) is 10.2 Å². The zero-order valence-corrected chi connectivity index (χ0v) is 8.47. The minimum atomic E-state index is 0.391. The molecular weight excluding hydrogens is 174 g/mol. The predicted octanol–water partition coefficient (Wildman–Crippen LogP) is 2.46. The summed E-state index contributed by atoms with van der Waals surface area (Å²) in [6.45, 7) is 6.30. The molecular formula is C8H14ClN3. The summed E-state index contributed by atoms with van der Waals surface area (Å²) < 4.78 is 1.99. The Kier molecular flexibility index (Phi) is 3.09. The molecule has 0 spiro atoms. The highest BCUT2D eigenvalue weighted by Crippen LogP contribution is 2.18. The van der Waals surface area contributed by atoms with Gasteiger partial charge in [0.05, 0.1) is 0 Å². The molecule has 4 heteroatoms. The van der Waals surface area contributed by atoms with Gasteiger partial charge in [0.15, 0.2) is 0 Å². The van der Waals surface area contributed by atoms with Crippen molar-refractivity contribution in [3.05, 3.63) is 11.1 Å². The van der Waals surface area contributed by atoms with Gasteiger partial charge in [0.1, 0.15) is 5.82 Å². The molecule has 0 saturated heterocycles. The van der Waals surface area contributed by atoms with E-state index in [-0.39, 0.29) is 0 Å². The Hall–Kier alpha value is -0.570. The van der Waals surface area contributed by atoms with Crippen LogP contribution in [0.5, 0.6) is 0 Å². The molecule has 1 rings (SSSR count). The third-order valence-corrected chi connectivity index (χ3v) is 2.33. The topological polar surface area (TPSA) is 30.7 Å². The van der Waals surface area contributed by atoms with Crippen molar-refractivity contribution in [1.82, 2.24) is 14.8 Å². The van der Waals surface area contributed by atoms with Gasteiger partial charge in [-0.1, -0.05) is 13.8 Å². The first kappa shape index (κ1) is 9.52. The van der Waals surface area contributed by atoms with Crippen LogP contribution in [0.4, 0.5) is 0 Å². The van der Waals surface area contributed by atoms with Crippen molar-refractivity contribution in [3.63, 3.8) is 0 Å². The molecule has 0 aliphatic carbocycles. The van der Waals surface area contributed by atoms with E-state index >= 15 is 0 Å². The molecule has 1 unspecified atom stereocenters. The summed E-state index contributed by atoms with van der Waals surface area (Å²) >= 11 is 5.89. The van der Waals surface area contributed by atoms with Crippen molar-refractivity contribution in [2.45, 2.75) is 39.7 Å². The lowest BCUT2D eigenvalue weighted by atomic mass is 10.2. The Morgan fingerprint density at radius 1 is 1.42 bits per heavy atom. The number of halogens is 1. The molecule has 0 aromatic carbocycles. The Bertz CT molecular complexity index is 257. The van der Waals surface area contributed by atoms with Crippen LogP contribution in [0.3, 0.4) is 0 Å². The third kappa shape index (κ3) is 1.61. The second kappa shape index (κ2) is 3.90. The van der Waals surface area contributed by atoms with Crippen molar-refractivity contribution in [1.29, 1.82) is 0 Å². The lowest BCUT2D eigenvalue weighted by molar-refractivity contribution is 0.511. The molecule has 0 aliphatic heterocycles. The van der Waals surface area contributed by atoms with Gasteiger partial charge < -0.3 is 0 Å². The highest BCUT2D eigenvalue weighted by molar-refractivity contribution is 6.28. The van der Waals surface area contributed by atoms with E-state index in [4.69, 9.17) is 11.6 Å². The van der Waals surface area contributed by atoms with Crippen LogP contribution in [-0.4, -0.2) is 14.8 Å². The van der Waals surface area contributed by atoms with Crippen molar-refractivity contribution in [2.75, 3.05) is 0 Å². The van der Waals surface area contributed by atoms with Crippen molar-refractivity contribution in [2.24, 2.45) is 0 Å². The largest absolute Gasteiger partial charge is 0.299 e. The van der Waals surface area contributed by atoms with E-state index in [1.165, 1.54) is 0 Å². The van der Waals surface area contributed by atoms with Gasteiger partial charge in [-0.05, 0) is 24.9 Å². The van der Waals surface area contributed by atoms with E-state index in [1.54, 1.807) is 0 Å². The first-order valence-corrected chi connectivity index (χ1v) is 4.67. The summed E-state index contributed by atoms with van der Waals surface area (Å²) in [7, 11) is 0. The van der Waals surface area contributed by atoms with Crippen LogP contribution in [0.15, 0.2) is 0 Å². The molecule has 0 bridgehead atoms. The van der Waals surface area contributed by atoms with Gasteiger partial charge in [0.25, 0.3) is 0 Å². The molecule has 1 heterocycles. The summed E-state index contributed by atoms with van der Waals surface area (Å²) in [5.74, 6) is 0.967. The Morgan fingerprint density at radius 2 is 2.08 bits per heavy atom. The fraction of sp³-hybridized carbons (Fsp3) is 0.750. The minimum absolute atomic E-state index is 0.391. The number of aryl methyl sites for hydroxylation is 1. The fourth-order valence-electron chi connectivity index (χ4n) is 1.16. The van der Waals surface area contributed by atoms with Gasteiger partial charge in [0, 0.05) is 12.5 Å². The molecule has 0 fully saturated rings. The van der Waals surface area contributed by atoms with Crippen LogP contribution in [0.1, 0.15) is 39.1 Å². The van der Waals surface area contributed by atoms with Crippen molar-refractivity contribution < 1.29 is 0 Å². The lowest BCUT2D eigenvalue weighted by Gasteiger charge is -2.12. The second-order valence-corrected chi connectivity index (χ2v) is 3.20. The highest BCUT2D eigenvalue weighted by Gasteiger charge is 2.12. The number of hydrogen-bond acceptors (Lipinski definition) is 2. The molecule has 0 aliphatic rings. The van der Waals surface area contributed by atoms with Crippen LogP contribution in [0.25, 0.3) is 0 Å². The maximum absolute atomic E-state index is 5.89. The zero-order valence-electron chi connectivity index (χ0n) is 7.71. The smallest absolute Gasteiger partial charge is 0.225 e. The molecule has 3 nitrogen and oxygen atoms in total. The molecule has 68 valence electrons. The summed E-state index contributed by atoms with van der Waals surface area (Å²) in [5, 5.41) is 8.32. The molecule has 0 radical (unpaired) electrons. The Morgan fingerprint density at radius 3 is 2.58 bits per heavy atom. The van der Waals surface area contributed by atoms with Crippen LogP contribution >= 0.6 is 11.6 Å².